The summed E-state index contributed by atoms with van der Waals surface area (Å²) in [6, 6.07) is 16.3. The van der Waals surface area contributed by atoms with Gasteiger partial charge in [0.15, 0.2) is 0 Å². The molecule has 21 heavy (non-hydrogen) atoms. The number of hydrogen-bond acceptors (Lipinski definition) is 3. The number of nitrogens with zero attached hydrogens (tertiary/aromatic N) is 1. The quantitative estimate of drug-likeness (QED) is 0.885. The summed E-state index contributed by atoms with van der Waals surface area (Å²) in [6.45, 7) is 0.477. The molecule has 0 radical (unpaired) electrons. The van der Waals surface area contributed by atoms with E-state index in [1.165, 1.54) is 0 Å². The minimum atomic E-state index is -0.118. The second kappa shape index (κ2) is 7.32. The van der Waals surface area contributed by atoms with E-state index in [2.05, 4.69) is 16.7 Å². The molecule has 0 aliphatic carbocycles. The predicted molar refractivity (Wildman–Crippen MR) is 84.3 cm³/mol. The molecule has 1 amide bonds. The molecule has 0 saturated heterocycles. The summed E-state index contributed by atoms with van der Waals surface area (Å²) in [4.78, 5) is 11.8. The van der Waals surface area contributed by atoms with Crippen LogP contribution in [0.1, 0.15) is 12.0 Å². The third-order valence-corrected chi connectivity index (χ3v) is 3.15. The Kier molecular flexibility index (Phi) is 5.19. The van der Waals surface area contributed by atoms with Crippen molar-refractivity contribution in [1.29, 1.82) is 5.26 Å². The molecule has 0 fully saturated rings. The van der Waals surface area contributed by atoms with Gasteiger partial charge >= 0.3 is 0 Å². The van der Waals surface area contributed by atoms with Gasteiger partial charge in [0, 0.05) is 18.7 Å². The van der Waals surface area contributed by atoms with Crippen LogP contribution in [0.15, 0.2) is 48.5 Å². The second-order valence-electron chi connectivity index (χ2n) is 4.40. The number of rotatable bonds is 5. The molecule has 0 aliphatic rings. The fraction of sp³-hybridized carbons (Fsp3) is 0.125. The molecular weight excluding hydrogens is 286 g/mol. The number of hydrogen-bond donors (Lipinski definition) is 2. The molecule has 0 aliphatic heterocycles. The number of benzene rings is 2. The first kappa shape index (κ1) is 14.9. The zero-order chi connectivity index (χ0) is 15.1. The van der Waals surface area contributed by atoms with Crippen molar-refractivity contribution in [2.45, 2.75) is 6.42 Å². The molecule has 2 N–H and O–H groups in total. The van der Waals surface area contributed by atoms with Gasteiger partial charge in [0.2, 0.25) is 5.91 Å². The highest BCUT2D eigenvalue weighted by atomic mass is 35.5. The lowest BCUT2D eigenvalue weighted by Crippen LogP contribution is -2.16. The van der Waals surface area contributed by atoms with Crippen LogP contribution < -0.4 is 10.6 Å². The first-order valence-corrected chi connectivity index (χ1v) is 6.85. The van der Waals surface area contributed by atoms with Crippen LogP contribution in [0, 0.1) is 11.3 Å². The first-order chi connectivity index (χ1) is 10.2. The zero-order valence-electron chi connectivity index (χ0n) is 11.3. The van der Waals surface area contributed by atoms with Gasteiger partial charge in [0.05, 0.1) is 22.3 Å². The van der Waals surface area contributed by atoms with E-state index in [1.54, 1.807) is 30.3 Å². The van der Waals surface area contributed by atoms with Crippen LogP contribution in [0.3, 0.4) is 0 Å². The molecule has 2 aromatic rings. The van der Waals surface area contributed by atoms with Crippen LogP contribution in [0.4, 0.5) is 11.4 Å². The SMILES string of the molecule is N#Cc1cccc(NCCC(=O)Nc2ccccc2Cl)c1. The van der Waals surface area contributed by atoms with Gasteiger partial charge in [-0.15, -0.1) is 0 Å². The molecule has 2 rings (SSSR count). The van der Waals surface area contributed by atoms with Gasteiger partial charge in [0.25, 0.3) is 0 Å². The van der Waals surface area contributed by atoms with E-state index >= 15 is 0 Å². The van der Waals surface area contributed by atoms with Crippen LogP contribution in [0.5, 0.6) is 0 Å². The number of nitrogens with one attached hydrogen (secondary N) is 2. The second-order valence-corrected chi connectivity index (χ2v) is 4.80. The summed E-state index contributed by atoms with van der Waals surface area (Å²) in [5, 5.41) is 15.2. The summed E-state index contributed by atoms with van der Waals surface area (Å²) in [5.74, 6) is -0.118. The van der Waals surface area contributed by atoms with Crippen LogP contribution in [0.25, 0.3) is 0 Å². The van der Waals surface area contributed by atoms with Gasteiger partial charge in [-0.2, -0.15) is 5.26 Å². The van der Waals surface area contributed by atoms with Crippen molar-refractivity contribution in [3.8, 4) is 6.07 Å². The van der Waals surface area contributed by atoms with Crippen LogP contribution >= 0.6 is 11.6 Å². The van der Waals surface area contributed by atoms with E-state index in [9.17, 15) is 4.79 Å². The van der Waals surface area contributed by atoms with E-state index in [-0.39, 0.29) is 5.91 Å². The Morgan fingerprint density at radius 3 is 2.76 bits per heavy atom. The zero-order valence-corrected chi connectivity index (χ0v) is 12.0. The molecule has 0 aromatic heterocycles. The van der Waals surface area contributed by atoms with Gasteiger partial charge in [-0.3, -0.25) is 4.79 Å². The van der Waals surface area contributed by atoms with Crippen molar-refractivity contribution in [3.63, 3.8) is 0 Å². The number of carbonyl (C=O) groups is 1. The number of anilines is 2. The molecule has 0 saturated carbocycles. The smallest absolute Gasteiger partial charge is 0.226 e. The fourth-order valence-electron chi connectivity index (χ4n) is 1.79. The average molecular weight is 300 g/mol. The van der Waals surface area contributed by atoms with Crippen molar-refractivity contribution in [3.05, 3.63) is 59.1 Å². The highest BCUT2D eigenvalue weighted by Gasteiger charge is 2.05. The maximum absolute atomic E-state index is 11.8. The monoisotopic (exact) mass is 299 g/mol. The van der Waals surface area contributed by atoms with E-state index in [4.69, 9.17) is 16.9 Å². The lowest BCUT2D eigenvalue weighted by atomic mass is 10.2. The van der Waals surface area contributed by atoms with Crippen LogP contribution in [-0.4, -0.2) is 12.5 Å². The lowest BCUT2D eigenvalue weighted by Gasteiger charge is -2.08. The van der Waals surface area contributed by atoms with Crippen molar-refractivity contribution < 1.29 is 4.79 Å². The minimum Gasteiger partial charge on any atom is -0.384 e. The molecule has 106 valence electrons. The fourth-order valence-corrected chi connectivity index (χ4v) is 1.98. The van der Waals surface area contributed by atoms with Gasteiger partial charge in [-0.1, -0.05) is 29.8 Å². The van der Waals surface area contributed by atoms with Gasteiger partial charge in [0.1, 0.15) is 0 Å². The largest absolute Gasteiger partial charge is 0.384 e. The summed E-state index contributed by atoms with van der Waals surface area (Å²) in [6.07, 6.45) is 0.308. The number of para-hydroxylation sites is 1. The Balaban J connectivity index is 1.82. The molecule has 5 heteroatoms. The van der Waals surface area contributed by atoms with Crippen molar-refractivity contribution in [2.24, 2.45) is 0 Å². The van der Waals surface area contributed by atoms with E-state index < -0.39 is 0 Å². The maximum atomic E-state index is 11.8. The highest BCUT2D eigenvalue weighted by Crippen LogP contribution is 2.20. The van der Waals surface area contributed by atoms with E-state index in [1.807, 2.05) is 18.2 Å². The van der Waals surface area contributed by atoms with Crippen molar-refractivity contribution >= 4 is 28.9 Å². The average Bonchev–Trinajstić information content (AvgIpc) is 2.50. The summed E-state index contributed by atoms with van der Waals surface area (Å²) < 4.78 is 0. The van der Waals surface area contributed by atoms with Crippen molar-refractivity contribution in [1.82, 2.24) is 0 Å². The van der Waals surface area contributed by atoms with Crippen molar-refractivity contribution in [2.75, 3.05) is 17.2 Å². The molecule has 0 spiro atoms. The molecule has 0 bridgehead atoms. The lowest BCUT2D eigenvalue weighted by molar-refractivity contribution is -0.115. The number of nitriles is 1. The molecule has 0 atom stereocenters. The third kappa shape index (κ3) is 4.51. The standard InChI is InChI=1S/C16H14ClN3O/c17-14-6-1-2-7-15(14)20-16(21)8-9-19-13-5-3-4-12(10-13)11-18/h1-7,10,19H,8-9H2,(H,20,21). The number of halogens is 1. The van der Waals surface area contributed by atoms with E-state index in [0.717, 1.165) is 5.69 Å². The van der Waals surface area contributed by atoms with Gasteiger partial charge < -0.3 is 10.6 Å². The molecule has 2 aromatic carbocycles. The number of carbonyl (C=O) groups excluding carboxylic acids is 1. The summed E-state index contributed by atoms with van der Waals surface area (Å²) in [7, 11) is 0. The topological polar surface area (TPSA) is 64.9 Å². The Labute approximate surface area is 128 Å². The molecule has 0 heterocycles. The maximum Gasteiger partial charge on any atom is 0.226 e. The molecule has 0 unspecified atom stereocenters. The first-order valence-electron chi connectivity index (χ1n) is 6.47. The van der Waals surface area contributed by atoms with E-state index in [0.29, 0.717) is 29.2 Å². The van der Waals surface area contributed by atoms with Crippen LogP contribution in [-0.2, 0) is 4.79 Å². The van der Waals surface area contributed by atoms with Gasteiger partial charge in [-0.05, 0) is 30.3 Å². The van der Waals surface area contributed by atoms with Gasteiger partial charge in [-0.25, -0.2) is 0 Å². The Bertz CT molecular complexity index is 679. The highest BCUT2D eigenvalue weighted by molar-refractivity contribution is 6.33. The summed E-state index contributed by atoms with van der Waals surface area (Å²) >= 11 is 5.97. The molecule has 4 nitrogen and oxygen atoms in total. The minimum absolute atomic E-state index is 0.118. The Morgan fingerprint density at radius 1 is 1.19 bits per heavy atom. The number of amides is 1. The summed E-state index contributed by atoms with van der Waals surface area (Å²) in [5.41, 5.74) is 2.01. The predicted octanol–water partition coefficient (Wildman–Crippen LogP) is 3.65. The van der Waals surface area contributed by atoms with Crippen LogP contribution in [0.2, 0.25) is 5.02 Å². The normalized spacial score (nSPS) is 9.71. The third-order valence-electron chi connectivity index (χ3n) is 2.82. The Hall–Kier alpha value is -2.51. The molecular formula is C16H14ClN3O. The Morgan fingerprint density at radius 2 is 2.00 bits per heavy atom.